The van der Waals surface area contributed by atoms with Crippen LogP contribution in [0.4, 0.5) is 0 Å². The van der Waals surface area contributed by atoms with Gasteiger partial charge in [-0.15, -0.1) is 11.3 Å². The van der Waals surface area contributed by atoms with Crippen molar-refractivity contribution in [3.05, 3.63) is 17.0 Å². The predicted octanol–water partition coefficient (Wildman–Crippen LogP) is 1.98. The average molecular weight is 290 g/mol. The van der Waals surface area contributed by atoms with Gasteiger partial charge in [-0.25, -0.2) is 13.1 Å². The van der Waals surface area contributed by atoms with E-state index in [4.69, 9.17) is 0 Å². The van der Waals surface area contributed by atoms with Crippen molar-refractivity contribution in [2.24, 2.45) is 0 Å². The lowest BCUT2D eigenvalue weighted by atomic mass is 10.3. The molecule has 0 bridgehead atoms. The number of nitrogens with one attached hydrogen (secondary N) is 2. The Labute approximate surface area is 114 Å². The van der Waals surface area contributed by atoms with Gasteiger partial charge >= 0.3 is 0 Å². The molecule has 0 saturated carbocycles. The highest BCUT2D eigenvalue weighted by molar-refractivity contribution is 7.91. The standard InChI is InChI=1S/C12H22N2O2S2/c1-3-4-5-9-14-18(15,16)12-7-6-11(17-12)8-10-13-2/h6-7,13-14H,3-5,8-10H2,1-2H3. The number of thiophene rings is 1. The first kappa shape index (κ1) is 15.6. The van der Waals surface area contributed by atoms with Gasteiger partial charge in [0.25, 0.3) is 0 Å². The lowest BCUT2D eigenvalue weighted by Gasteiger charge is -2.03. The summed E-state index contributed by atoms with van der Waals surface area (Å²) in [5, 5.41) is 3.05. The number of hydrogen-bond donors (Lipinski definition) is 2. The quantitative estimate of drug-likeness (QED) is 0.684. The maximum absolute atomic E-state index is 12.0. The normalized spacial score (nSPS) is 11.9. The maximum Gasteiger partial charge on any atom is 0.250 e. The molecule has 0 atom stereocenters. The van der Waals surface area contributed by atoms with Gasteiger partial charge in [0, 0.05) is 11.4 Å². The molecule has 1 rings (SSSR count). The van der Waals surface area contributed by atoms with E-state index in [0.29, 0.717) is 10.8 Å². The van der Waals surface area contributed by atoms with Crippen LogP contribution < -0.4 is 10.0 Å². The van der Waals surface area contributed by atoms with E-state index in [1.165, 1.54) is 11.3 Å². The van der Waals surface area contributed by atoms with Gasteiger partial charge in [-0.05, 0) is 38.6 Å². The minimum absolute atomic E-state index is 0.421. The second kappa shape index (κ2) is 7.89. The molecule has 0 radical (unpaired) electrons. The molecule has 104 valence electrons. The van der Waals surface area contributed by atoms with Crippen LogP contribution in [0.5, 0.6) is 0 Å². The molecule has 1 heterocycles. The van der Waals surface area contributed by atoms with Crippen molar-refractivity contribution < 1.29 is 8.42 Å². The van der Waals surface area contributed by atoms with Crippen molar-refractivity contribution >= 4 is 21.4 Å². The van der Waals surface area contributed by atoms with Crippen molar-refractivity contribution in [1.82, 2.24) is 10.0 Å². The van der Waals surface area contributed by atoms with Crippen LogP contribution in [-0.2, 0) is 16.4 Å². The Morgan fingerprint density at radius 3 is 2.67 bits per heavy atom. The molecule has 0 unspecified atom stereocenters. The van der Waals surface area contributed by atoms with Crippen LogP contribution in [0.3, 0.4) is 0 Å². The van der Waals surface area contributed by atoms with Crippen LogP contribution in [0.15, 0.2) is 16.3 Å². The van der Waals surface area contributed by atoms with Crippen molar-refractivity contribution in [3.63, 3.8) is 0 Å². The Morgan fingerprint density at radius 1 is 1.22 bits per heavy atom. The minimum atomic E-state index is -3.30. The van der Waals surface area contributed by atoms with Crippen molar-refractivity contribution in [2.75, 3.05) is 20.1 Å². The summed E-state index contributed by atoms with van der Waals surface area (Å²) in [4.78, 5) is 1.10. The molecular weight excluding hydrogens is 268 g/mol. The van der Waals surface area contributed by atoms with Crippen LogP contribution in [0, 0.1) is 0 Å². The topological polar surface area (TPSA) is 58.2 Å². The number of likely N-dealkylation sites (N-methyl/N-ethyl adjacent to an activating group) is 1. The van der Waals surface area contributed by atoms with E-state index in [1.54, 1.807) is 6.07 Å². The smallest absolute Gasteiger partial charge is 0.250 e. The van der Waals surface area contributed by atoms with E-state index < -0.39 is 10.0 Å². The molecular formula is C12H22N2O2S2. The van der Waals surface area contributed by atoms with E-state index in [0.717, 1.165) is 37.1 Å². The fraction of sp³-hybridized carbons (Fsp3) is 0.667. The summed E-state index contributed by atoms with van der Waals surface area (Å²) in [6.45, 7) is 3.49. The van der Waals surface area contributed by atoms with Gasteiger partial charge in [-0.3, -0.25) is 0 Å². The zero-order chi connectivity index (χ0) is 13.4. The molecule has 1 aromatic rings. The van der Waals surface area contributed by atoms with Gasteiger partial charge in [0.15, 0.2) is 0 Å². The maximum atomic E-state index is 12.0. The molecule has 2 N–H and O–H groups in total. The average Bonchev–Trinajstić information content (AvgIpc) is 2.81. The van der Waals surface area contributed by atoms with Crippen LogP contribution in [-0.4, -0.2) is 28.6 Å². The summed E-state index contributed by atoms with van der Waals surface area (Å²) < 4.78 is 27.0. The van der Waals surface area contributed by atoms with Crippen LogP contribution >= 0.6 is 11.3 Å². The van der Waals surface area contributed by atoms with Gasteiger partial charge in [-0.2, -0.15) is 0 Å². The highest BCUT2D eigenvalue weighted by atomic mass is 32.2. The molecule has 0 aliphatic heterocycles. The molecule has 0 aliphatic carbocycles. The van der Waals surface area contributed by atoms with Crippen LogP contribution in [0.2, 0.25) is 0 Å². The largest absolute Gasteiger partial charge is 0.319 e. The fourth-order valence-electron chi connectivity index (χ4n) is 1.54. The Bertz CT molecular complexity index is 441. The summed E-state index contributed by atoms with van der Waals surface area (Å²) >= 11 is 1.35. The van der Waals surface area contributed by atoms with Crippen LogP contribution in [0.1, 0.15) is 31.1 Å². The van der Waals surface area contributed by atoms with E-state index >= 15 is 0 Å². The number of rotatable bonds is 9. The predicted molar refractivity (Wildman–Crippen MR) is 76.7 cm³/mol. The van der Waals surface area contributed by atoms with Gasteiger partial charge in [0.05, 0.1) is 0 Å². The first-order chi connectivity index (χ1) is 8.60. The van der Waals surface area contributed by atoms with E-state index in [1.807, 2.05) is 13.1 Å². The zero-order valence-corrected chi connectivity index (χ0v) is 12.7. The van der Waals surface area contributed by atoms with E-state index in [-0.39, 0.29) is 0 Å². The first-order valence-electron chi connectivity index (χ1n) is 6.33. The Morgan fingerprint density at radius 2 is 2.00 bits per heavy atom. The summed E-state index contributed by atoms with van der Waals surface area (Å²) in [6.07, 6.45) is 3.91. The first-order valence-corrected chi connectivity index (χ1v) is 8.63. The molecule has 0 aliphatic rings. The molecule has 0 spiro atoms. The lowest BCUT2D eigenvalue weighted by molar-refractivity contribution is 0.578. The molecule has 0 aromatic carbocycles. The third-order valence-corrected chi connectivity index (χ3v) is 5.69. The summed E-state index contributed by atoms with van der Waals surface area (Å²) in [7, 11) is -1.41. The number of hydrogen-bond acceptors (Lipinski definition) is 4. The molecule has 0 saturated heterocycles. The highest BCUT2D eigenvalue weighted by Gasteiger charge is 2.15. The number of unbranched alkanes of at least 4 members (excludes halogenated alkanes) is 2. The lowest BCUT2D eigenvalue weighted by Crippen LogP contribution is -2.23. The molecule has 0 amide bonds. The molecule has 18 heavy (non-hydrogen) atoms. The van der Waals surface area contributed by atoms with Gasteiger partial charge < -0.3 is 5.32 Å². The Kier molecular flexibility index (Phi) is 6.85. The van der Waals surface area contributed by atoms with E-state index in [9.17, 15) is 8.42 Å². The minimum Gasteiger partial charge on any atom is -0.319 e. The third-order valence-electron chi connectivity index (χ3n) is 2.60. The van der Waals surface area contributed by atoms with Crippen molar-refractivity contribution in [2.45, 2.75) is 36.8 Å². The van der Waals surface area contributed by atoms with E-state index in [2.05, 4.69) is 17.0 Å². The Hall–Kier alpha value is -0.430. The molecule has 6 heteroatoms. The highest BCUT2D eigenvalue weighted by Crippen LogP contribution is 2.21. The zero-order valence-electron chi connectivity index (χ0n) is 11.0. The third kappa shape index (κ3) is 5.06. The summed E-state index contributed by atoms with van der Waals surface area (Å²) in [5.74, 6) is 0. The molecule has 0 fully saturated rings. The Balaban J connectivity index is 2.53. The second-order valence-corrected chi connectivity index (χ2v) is 7.34. The fourth-order valence-corrected chi connectivity index (χ4v) is 4.01. The molecule has 4 nitrogen and oxygen atoms in total. The van der Waals surface area contributed by atoms with Crippen LogP contribution in [0.25, 0.3) is 0 Å². The van der Waals surface area contributed by atoms with Gasteiger partial charge in [0.2, 0.25) is 10.0 Å². The SMILES string of the molecule is CCCCCNS(=O)(=O)c1ccc(CCNC)s1. The number of sulfonamides is 1. The molecule has 1 aromatic heterocycles. The van der Waals surface area contributed by atoms with Crippen molar-refractivity contribution in [3.8, 4) is 0 Å². The van der Waals surface area contributed by atoms with Crippen molar-refractivity contribution in [1.29, 1.82) is 0 Å². The second-order valence-electron chi connectivity index (χ2n) is 4.18. The summed E-state index contributed by atoms with van der Waals surface area (Å²) in [6, 6.07) is 3.58. The summed E-state index contributed by atoms with van der Waals surface area (Å²) in [5.41, 5.74) is 0. The monoisotopic (exact) mass is 290 g/mol. The van der Waals surface area contributed by atoms with Gasteiger partial charge in [-0.1, -0.05) is 19.8 Å². The van der Waals surface area contributed by atoms with Gasteiger partial charge in [0.1, 0.15) is 4.21 Å².